The number of aromatic amines is 1. The van der Waals surface area contributed by atoms with Crippen LogP contribution in [0.4, 0.5) is 0 Å². The highest BCUT2D eigenvalue weighted by Gasteiger charge is 2.16. The largest absolute Gasteiger partial charge is 0.463 e. The third kappa shape index (κ3) is 2.50. The van der Waals surface area contributed by atoms with Gasteiger partial charge in [0.1, 0.15) is 10.6 Å². The summed E-state index contributed by atoms with van der Waals surface area (Å²) in [4.78, 5) is 40.4. The molecular formula is C15H14N2O5S. The molecule has 7 nitrogen and oxygen atoms in total. The predicted molar refractivity (Wildman–Crippen MR) is 85.3 cm³/mol. The number of nitrogens with zero attached hydrogens (tertiary/aromatic N) is 1. The van der Waals surface area contributed by atoms with Crippen LogP contribution < -0.4 is 11.2 Å². The van der Waals surface area contributed by atoms with E-state index in [0.29, 0.717) is 16.0 Å². The van der Waals surface area contributed by atoms with Crippen molar-refractivity contribution in [2.24, 2.45) is 0 Å². The lowest BCUT2D eigenvalue weighted by molar-refractivity contribution is 0.0563. The number of hydrogen-bond donors (Lipinski definition) is 1. The first-order chi connectivity index (χ1) is 10.9. The lowest BCUT2D eigenvalue weighted by Gasteiger charge is -2.03. The van der Waals surface area contributed by atoms with E-state index in [4.69, 9.17) is 4.42 Å². The Morgan fingerprint density at radius 3 is 2.78 bits per heavy atom. The molecule has 0 aliphatic rings. The van der Waals surface area contributed by atoms with Crippen LogP contribution in [-0.2, 0) is 11.3 Å². The number of carbonyl (C=O) groups excluding carboxylic acids is 1. The zero-order chi connectivity index (χ0) is 16.7. The van der Waals surface area contributed by atoms with Crippen LogP contribution >= 0.6 is 11.3 Å². The van der Waals surface area contributed by atoms with Crippen LogP contribution in [-0.4, -0.2) is 22.6 Å². The molecule has 8 heteroatoms. The van der Waals surface area contributed by atoms with Gasteiger partial charge in [0.05, 0.1) is 19.0 Å². The molecule has 0 bridgehead atoms. The number of methoxy groups -OCH3 is 1. The number of furan rings is 1. The second kappa shape index (κ2) is 5.54. The van der Waals surface area contributed by atoms with Crippen LogP contribution in [0.3, 0.4) is 0 Å². The first-order valence-corrected chi connectivity index (χ1v) is 7.64. The first kappa shape index (κ1) is 15.3. The Morgan fingerprint density at radius 2 is 2.09 bits per heavy atom. The number of hydrogen-bond acceptors (Lipinski definition) is 6. The molecule has 0 atom stereocenters. The molecular weight excluding hydrogens is 320 g/mol. The molecule has 0 saturated carbocycles. The van der Waals surface area contributed by atoms with Crippen LogP contribution in [0.5, 0.6) is 0 Å². The lowest BCUT2D eigenvalue weighted by atomic mass is 10.2. The molecule has 0 saturated heterocycles. The number of carbonyl (C=O) groups is 1. The third-order valence-electron chi connectivity index (χ3n) is 3.67. The number of esters is 1. The topological polar surface area (TPSA) is 94.3 Å². The van der Waals surface area contributed by atoms with Gasteiger partial charge in [-0.2, -0.15) is 0 Å². The first-order valence-electron chi connectivity index (χ1n) is 6.82. The summed E-state index contributed by atoms with van der Waals surface area (Å²) in [6.45, 7) is 3.69. The van der Waals surface area contributed by atoms with Gasteiger partial charge in [-0.25, -0.2) is 9.59 Å². The molecule has 23 heavy (non-hydrogen) atoms. The minimum absolute atomic E-state index is 0.0237. The van der Waals surface area contributed by atoms with Crippen LogP contribution in [0.2, 0.25) is 0 Å². The zero-order valence-corrected chi connectivity index (χ0v) is 13.6. The van der Waals surface area contributed by atoms with Gasteiger partial charge in [0.2, 0.25) is 5.76 Å². The Morgan fingerprint density at radius 1 is 1.35 bits per heavy atom. The quantitative estimate of drug-likeness (QED) is 0.737. The maximum absolute atomic E-state index is 12.6. The lowest BCUT2D eigenvalue weighted by Crippen LogP contribution is -2.35. The molecule has 0 fully saturated rings. The molecule has 0 aromatic carbocycles. The van der Waals surface area contributed by atoms with Crippen molar-refractivity contribution in [3.8, 4) is 0 Å². The number of H-pyrrole nitrogens is 1. The van der Waals surface area contributed by atoms with E-state index < -0.39 is 11.7 Å². The molecule has 3 heterocycles. The summed E-state index contributed by atoms with van der Waals surface area (Å²) in [6.07, 6.45) is 0. The van der Waals surface area contributed by atoms with Crippen molar-refractivity contribution in [1.82, 2.24) is 9.55 Å². The summed E-state index contributed by atoms with van der Waals surface area (Å²) < 4.78 is 10.9. The highest BCUT2D eigenvalue weighted by Crippen LogP contribution is 2.24. The summed E-state index contributed by atoms with van der Waals surface area (Å²) in [5.74, 6) is -0.269. The average molecular weight is 334 g/mol. The van der Waals surface area contributed by atoms with Crippen molar-refractivity contribution < 1.29 is 13.9 Å². The van der Waals surface area contributed by atoms with Gasteiger partial charge in [-0.1, -0.05) is 0 Å². The van der Waals surface area contributed by atoms with Gasteiger partial charge in [0.25, 0.3) is 5.56 Å². The van der Waals surface area contributed by atoms with Gasteiger partial charge in [0.15, 0.2) is 0 Å². The second-order valence-electron chi connectivity index (χ2n) is 5.07. The smallest absolute Gasteiger partial charge is 0.373 e. The molecule has 0 amide bonds. The Kier molecular flexibility index (Phi) is 3.69. The molecule has 3 rings (SSSR count). The van der Waals surface area contributed by atoms with Crippen LogP contribution in [0.25, 0.3) is 10.2 Å². The molecule has 120 valence electrons. The minimum Gasteiger partial charge on any atom is -0.463 e. The van der Waals surface area contributed by atoms with E-state index in [1.807, 2.05) is 13.8 Å². The van der Waals surface area contributed by atoms with E-state index in [9.17, 15) is 14.4 Å². The van der Waals surface area contributed by atoms with E-state index in [1.165, 1.54) is 30.6 Å². The summed E-state index contributed by atoms with van der Waals surface area (Å²) >= 11 is 1.38. The summed E-state index contributed by atoms with van der Waals surface area (Å²) in [5.41, 5.74) is -0.0314. The Bertz CT molecular complexity index is 1020. The Labute approximate surface area is 134 Å². The zero-order valence-electron chi connectivity index (χ0n) is 12.8. The fourth-order valence-electron chi connectivity index (χ4n) is 2.34. The van der Waals surface area contributed by atoms with Crippen molar-refractivity contribution in [2.45, 2.75) is 20.4 Å². The van der Waals surface area contributed by atoms with E-state index in [-0.39, 0.29) is 17.9 Å². The van der Waals surface area contributed by atoms with Crippen molar-refractivity contribution in [1.29, 1.82) is 0 Å². The SMILES string of the molecule is COC(=O)c1ccc(Cn2c(=O)[nH]c3sc(C)c(C)c3c2=O)o1. The van der Waals surface area contributed by atoms with Gasteiger partial charge < -0.3 is 9.15 Å². The molecule has 0 spiro atoms. The standard InChI is InChI=1S/C15H14N2O5S/c1-7-8(2)23-12-11(7)13(18)17(15(20)16-12)6-9-4-5-10(22-9)14(19)21-3/h4-5H,6H2,1-3H3,(H,16,20). The number of thiophene rings is 1. The van der Waals surface area contributed by atoms with E-state index in [0.717, 1.165) is 15.0 Å². The number of ether oxygens (including phenoxy) is 1. The maximum atomic E-state index is 12.6. The van der Waals surface area contributed by atoms with Gasteiger partial charge >= 0.3 is 11.7 Å². The number of fused-ring (bicyclic) bond motifs is 1. The third-order valence-corrected chi connectivity index (χ3v) is 4.79. The highest BCUT2D eigenvalue weighted by molar-refractivity contribution is 7.18. The van der Waals surface area contributed by atoms with E-state index in [2.05, 4.69) is 9.72 Å². The van der Waals surface area contributed by atoms with E-state index >= 15 is 0 Å². The maximum Gasteiger partial charge on any atom is 0.373 e. The van der Waals surface area contributed by atoms with Gasteiger partial charge in [-0.15, -0.1) is 11.3 Å². The molecule has 3 aromatic rings. The fraction of sp³-hybridized carbons (Fsp3) is 0.267. The number of nitrogens with one attached hydrogen (secondary N) is 1. The Hall–Kier alpha value is -2.61. The number of rotatable bonds is 3. The van der Waals surface area contributed by atoms with Gasteiger partial charge in [-0.3, -0.25) is 14.3 Å². The average Bonchev–Trinajstić information content (AvgIpc) is 3.08. The number of aromatic nitrogens is 2. The fourth-order valence-corrected chi connectivity index (χ4v) is 3.38. The summed E-state index contributed by atoms with van der Waals surface area (Å²) in [7, 11) is 1.25. The highest BCUT2D eigenvalue weighted by atomic mass is 32.1. The molecule has 3 aromatic heterocycles. The van der Waals surface area contributed by atoms with E-state index in [1.54, 1.807) is 0 Å². The summed E-state index contributed by atoms with van der Waals surface area (Å²) in [5, 5.41) is 0.506. The van der Waals surface area contributed by atoms with Crippen molar-refractivity contribution in [3.63, 3.8) is 0 Å². The van der Waals surface area contributed by atoms with Gasteiger partial charge in [0, 0.05) is 4.88 Å². The van der Waals surface area contributed by atoms with Crippen molar-refractivity contribution in [2.75, 3.05) is 7.11 Å². The van der Waals surface area contributed by atoms with Crippen LogP contribution in [0.1, 0.15) is 26.8 Å². The number of aryl methyl sites for hydroxylation is 2. The summed E-state index contributed by atoms with van der Waals surface area (Å²) in [6, 6.07) is 2.98. The monoisotopic (exact) mass is 334 g/mol. The minimum atomic E-state index is -0.614. The van der Waals surface area contributed by atoms with Crippen molar-refractivity contribution in [3.05, 3.63) is 54.9 Å². The van der Waals surface area contributed by atoms with Crippen LogP contribution in [0, 0.1) is 13.8 Å². The Balaban J connectivity index is 2.08. The van der Waals surface area contributed by atoms with Gasteiger partial charge in [-0.05, 0) is 31.5 Å². The molecule has 1 N–H and O–H groups in total. The van der Waals surface area contributed by atoms with Crippen molar-refractivity contribution >= 4 is 27.5 Å². The predicted octanol–water partition coefficient (Wildman–Crippen LogP) is 1.80. The molecule has 0 aliphatic carbocycles. The molecule has 0 aliphatic heterocycles. The second-order valence-corrected chi connectivity index (χ2v) is 6.29. The molecule has 0 unspecified atom stereocenters. The normalized spacial score (nSPS) is 11.1. The molecule has 0 radical (unpaired) electrons. The van der Waals surface area contributed by atoms with Crippen LogP contribution in [0.15, 0.2) is 26.1 Å².